The van der Waals surface area contributed by atoms with Gasteiger partial charge in [-0.15, -0.1) is 0 Å². The summed E-state index contributed by atoms with van der Waals surface area (Å²) in [5, 5.41) is 0. The van der Waals surface area contributed by atoms with Gasteiger partial charge in [0.2, 0.25) is 0 Å². The van der Waals surface area contributed by atoms with Crippen molar-refractivity contribution in [2.75, 3.05) is 119 Å². The molecule has 0 saturated heterocycles. The lowest BCUT2D eigenvalue weighted by Gasteiger charge is -2.09. The van der Waals surface area contributed by atoms with Crippen LogP contribution in [0.15, 0.2) is 0 Å². The van der Waals surface area contributed by atoms with Crippen LogP contribution in [0, 0.1) is 0 Å². The highest BCUT2D eigenvalue weighted by Crippen LogP contribution is 1.99. The average Bonchev–Trinajstić information content (AvgIpc) is 2.91. The normalized spacial score (nSPS) is 11.5. The van der Waals surface area contributed by atoms with Crippen molar-refractivity contribution in [2.45, 2.75) is 65.2 Å². The van der Waals surface area contributed by atoms with Gasteiger partial charge in [0.15, 0.2) is 0 Å². The number of hydrogen-bond acceptors (Lipinski definition) is 9. The molecule has 0 unspecified atom stereocenters. The molecule has 0 fully saturated rings. The quantitative estimate of drug-likeness (QED) is 0.111. The Kier molecular flexibility index (Phi) is 35.3. The molecule has 0 aromatic heterocycles. The summed E-state index contributed by atoms with van der Waals surface area (Å²) in [6, 6.07) is 0. The maximum atomic E-state index is 5.52. The third kappa shape index (κ3) is 35.6. The molecular weight excluding hydrogens is 480 g/mol. The minimum atomic E-state index is 0.543. The van der Waals surface area contributed by atoms with Crippen molar-refractivity contribution in [1.29, 1.82) is 0 Å². The van der Waals surface area contributed by atoms with E-state index in [-0.39, 0.29) is 0 Å². The van der Waals surface area contributed by atoms with E-state index in [9.17, 15) is 0 Å². The lowest BCUT2D eigenvalue weighted by molar-refractivity contribution is -0.0250. The van der Waals surface area contributed by atoms with Crippen LogP contribution < -0.4 is 0 Å². The molecule has 9 heteroatoms. The molecular formula is C28H58O9. The summed E-state index contributed by atoms with van der Waals surface area (Å²) in [5.41, 5.74) is 0. The summed E-state index contributed by atoms with van der Waals surface area (Å²) in [7, 11) is 0. The molecule has 0 aliphatic rings. The summed E-state index contributed by atoms with van der Waals surface area (Å²) in [4.78, 5) is 0. The van der Waals surface area contributed by atoms with Crippen molar-refractivity contribution in [1.82, 2.24) is 0 Å². The maximum absolute atomic E-state index is 5.52. The Morgan fingerprint density at radius 2 is 0.405 bits per heavy atom. The van der Waals surface area contributed by atoms with Crippen molar-refractivity contribution in [3.63, 3.8) is 0 Å². The number of ether oxygens (including phenoxy) is 9. The van der Waals surface area contributed by atoms with E-state index in [0.29, 0.717) is 106 Å². The SMILES string of the molecule is CCCCCCOCCOCCOCCOCCOCCOCCOCCOCCOCCCCCC. The van der Waals surface area contributed by atoms with E-state index in [1.807, 2.05) is 0 Å². The van der Waals surface area contributed by atoms with Crippen molar-refractivity contribution >= 4 is 0 Å². The molecule has 0 aliphatic heterocycles. The van der Waals surface area contributed by atoms with E-state index in [1.165, 1.54) is 38.5 Å². The summed E-state index contributed by atoms with van der Waals surface area (Å²) in [6.07, 6.45) is 9.84. The van der Waals surface area contributed by atoms with Gasteiger partial charge in [-0.1, -0.05) is 52.4 Å². The predicted molar refractivity (Wildman–Crippen MR) is 146 cm³/mol. The first kappa shape index (κ1) is 36.6. The topological polar surface area (TPSA) is 83.1 Å². The van der Waals surface area contributed by atoms with Gasteiger partial charge in [0.05, 0.1) is 106 Å². The highest BCUT2D eigenvalue weighted by atomic mass is 16.6. The highest BCUT2D eigenvalue weighted by molar-refractivity contribution is 4.41. The molecule has 224 valence electrons. The fraction of sp³-hybridized carbons (Fsp3) is 1.00. The van der Waals surface area contributed by atoms with Crippen LogP contribution in [0.25, 0.3) is 0 Å². The van der Waals surface area contributed by atoms with Crippen LogP contribution in [-0.2, 0) is 42.6 Å². The molecule has 0 atom stereocenters. The van der Waals surface area contributed by atoms with Crippen LogP contribution in [0.5, 0.6) is 0 Å². The Hall–Kier alpha value is -0.360. The molecule has 0 aromatic rings. The van der Waals surface area contributed by atoms with Crippen LogP contribution in [-0.4, -0.2) is 119 Å². The Balaban J connectivity index is 3.00. The minimum Gasteiger partial charge on any atom is -0.379 e. The van der Waals surface area contributed by atoms with E-state index in [2.05, 4.69) is 13.8 Å². The predicted octanol–water partition coefficient (Wildman–Crippen LogP) is 4.30. The van der Waals surface area contributed by atoms with E-state index in [0.717, 1.165) is 26.1 Å². The second-order valence-corrected chi connectivity index (χ2v) is 8.63. The standard InChI is InChI=1S/C28H58O9/c1-3-5-7-9-11-29-13-15-31-17-19-33-21-23-35-25-27-37-28-26-36-24-22-34-20-18-32-16-14-30-12-10-8-6-4-2/h3-28H2,1-2H3. The Labute approximate surface area is 227 Å². The third-order valence-electron chi connectivity index (χ3n) is 5.26. The van der Waals surface area contributed by atoms with Crippen molar-refractivity contribution in [3.8, 4) is 0 Å². The van der Waals surface area contributed by atoms with E-state index in [1.54, 1.807) is 0 Å². The zero-order valence-corrected chi connectivity index (χ0v) is 24.1. The molecule has 0 bridgehead atoms. The summed E-state index contributed by atoms with van der Waals surface area (Å²) < 4.78 is 49.4. The van der Waals surface area contributed by atoms with Gasteiger partial charge < -0.3 is 42.6 Å². The lowest BCUT2D eigenvalue weighted by Crippen LogP contribution is -2.15. The van der Waals surface area contributed by atoms with Crippen molar-refractivity contribution in [3.05, 3.63) is 0 Å². The smallest absolute Gasteiger partial charge is 0.0701 e. The van der Waals surface area contributed by atoms with E-state index >= 15 is 0 Å². The average molecular weight is 539 g/mol. The fourth-order valence-electron chi connectivity index (χ4n) is 3.12. The van der Waals surface area contributed by atoms with Gasteiger partial charge in [-0.25, -0.2) is 0 Å². The molecule has 9 nitrogen and oxygen atoms in total. The number of rotatable bonds is 34. The molecule has 0 radical (unpaired) electrons. The summed E-state index contributed by atoms with van der Waals surface area (Å²) in [5.74, 6) is 0. The van der Waals surface area contributed by atoms with Gasteiger partial charge >= 0.3 is 0 Å². The highest BCUT2D eigenvalue weighted by Gasteiger charge is 1.96. The van der Waals surface area contributed by atoms with Gasteiger partial charge in [0, 0.05) is 13.2 Å². The first-order valence-electron chi connectivity index (χ1n) is 14.6. The summed E-state index contributed by atoms with van der Waals surface area (Å²) in [6.45, 7) is 15.3. The van der Waals surface area contributed by atoms with Crippen LogP contribution in [0.3, 0.4) is 0 Å². The molecule has 0 spiro atoms. The van der Waals surface area contributed by atoms with E-state index < -0.39 is 0 Å². The van der Waals surface area contributed by atoms with Gasteiger partial charge in [0.25, 0.3) is 0 Å². The van der Waals surface area contributed by atoms with Crippen LogP contribution in [0.4, 0.5) is 0 Å². The first-order chi connectivity index (χ1) is 18.4. The lowest BCUT2D eigenvalue weighted by atomic mass is 10.2. The third-order valence-corrected chi connectivity index (χ3v) is 5.26. The van der Waals surface area contributed by atoms with Crippen molar-refractivity contribution < 1.29 is 42.6 Å². The van der Waals surface area contributed by atoms with Gasteiger partial charge in [-0.3, -0.25) is 0 Å². The zero-order valence-electron chi connectivity index (χ0n) is 24.1. The molecule has 0 heterocycles. The monoisotopic (exact) mass is 538 g/mol. The molecule has 37 heavy (non-hydrogen) atoms. The summed E-state index contributed by atoms with van der Waals surface area (Å²) >= 11 is 0. The number of unbranched alkanes of at least 4 members (excludes halogenated alkanes) is 6. The Morgan fingerprint density at radius 3 is 0.595 bits per heavy atom. The number of hydrogen-bond donors (Lipinski definition) is 0. The molecule has 0 amide bonds. The second-order valence-electron chi connectivity index (χ2n) is 8.63. The molecule has 0 N–H and O–H groups in total. The molecule has 0 saturated carbocycles. The van der Waals surface area contributed by atoms with Crippen LogP contribution in [0.2, 0.25) is 0 Å². The fourth-order valence-corrected chi connectivity index (χ4v) is 3.12. The largest absolute Gasteiger partial charge is 0.379 e. The van der Waals surface area contributed by atoms with Gasteiger partial charge in [0.1, 0.15) is 0 Å². The Bertz CT molecular complexity index is 355. The van der Waals surface area contributed by atoms with Crippen LogP contribution in [0.1, 0.15) is 65.2 Å². The van der Waals surface area contributed by atoms with Gasteiger partial charge in [-0.05, 0) is 12.8 Å². The maximum Gasteiger partial charge on any atom is 0.0701 e. The molecule has 0 aliphatic carbocycles. The molecule has 0 rings (SSSR count). The first-order valence-corrected chi connectivity index (χ1v) is 14.6. The molecule has 0 aromatic carbocycles. The minimum absolute atomic E-state index is 0.543. The van der Waals surface area contributed by atoms with Crippen LogP contribution >= 0.6 is 0 Å². The second kappa shape index (κ2) is 35.6. The van der Waals surface area contributed by atoms with Gasteiger partial charge in [-0.2, -0.15) is 0 Å². The van der Waals surface area contributed by atoms with E-state index in [4.69, 9.17) is 42.6 Å². The van der Waals surface area contributed by atoms with Crippen molar-refractivity contribution in [2.24, 2.45) is 0 Å². The zero-order chi connectivity index (χ0) is 26.7. The Morgan fingerprint density at radius 1 is 0.216 bits per heavy atom.